The molecule has 3 saturated heterocycles. The quantitative estimate of drug-likeness (QED) is 0.0576. The summed E-state index contributed by atoms with van der Waals surface area (Å²) < 4.78 is 7.98. The number of aromatic nitrogens is 2. The first kappa shape index (κ1) is 50.6. The number of hydrogen-bond donors (Lipinski definition) is 3. The zero-order valence-corrected chi connectivity index (χ0v) is 40.7. The van der Waals surface area contributed by atoms with E-state index in [0.29, 0.717) is 32.5 Å². The monoisotopic (exact) mass is 917 g/mol. The van der Waals surface area contributed by atoms with Crippen LogP contribution in [0.25, 0.3) is 33.3 Å². The summed E-state index contributed by atoms with van der Waals surface area (Å²) in [5, 5.41) is 9.44. The Labute approximate surface area is 396 Å². The molecule has 0 spiro atoms. The van der Waals surface area contributed by atoms with Gasteiger partial charge in [-0.2, -0.15) is 0 Å². The summed E-state index contributed by atoms with van der Waals surface area (Å²) in [6.07, 6.45) is 11.2. The van der Waals surface area contributed by atoms with E-state index in [4.69, 9.17) is 9.72 Å². The highest BCUT2D eigenvalue weighted by atomic mass is 16.5. The summed E-state index contributed by atoms with van der Waals surface area (Å²) in [6, 6.07) is 17.6. The average molecular weight is 917 g/mol. The van der Waals surface area contributed by atoms with Crippen molar-refractivity contribution in [3.63, 3.8) is 0 Å². The number of fused-ring (bicyclic) bond motifs is 1. The standard InChI is InChI=1S/C46H61N7O5.C7H11NO/c1-8-52-40-19-18-34(26-36(40)37(27-46(5,6)28-58-31(4)55)43(52)35-16-12-21-48-41(35)38-17-13-20-47-38)33-15-11-14-32(24-33)25-39(45(57)53-23-10-9-22-49-53)50-44(56)42(30(2)3)51(7)29-54;1-2-7(9)8-5-3-4-6-8/h11-12,14-16,18-19,21,24,26,29-30,38-39,42,47,49H,8-10,13,17,20,22-23,25,27-28H2,1-7H3,(H,50,56);2H,1,3-6H2. The highest BCUT2D eigenvalue weighted by Gasteiger charge is 2.34. The summed E-state index contributed by atoms with van der Waals surface area (Å²) in [6.45, 7) is 20.2. The van der Waals surface area contributed by atoms with Crippen molar-refractivity contribution in [3.8, 4) is 22.4 Å². The van der Waals surface area contributed by atoms with Gasteiger partial charge in [0.1, 0.15) is 12.1 Å². The van der Waals surface area contributed by atoms with Crippen molar-refractivity contribution in [2.24, 2.45) is 11.3 Å². The van der Waals surface area contributed by atoms with Gasteiger partial charge in [-0.3, -0.25) is 34.0 Å². The van der Waals surface area contributed by atoms with Crippen molar-refractivity contribution in [1.82, 2.24) is 40.4 Å². The third-order valence-corrected chi connectivity index (χ3v) is 13.1. The lowest BCUT2D eigenvalue weighted by molar-refractivity contribution is -0.144. The number of esters is 1. The summed E-state index contributed by atoms with van der Waals surface area (Å²) in [7, 11) is 1.59. The largest absolute Gasteiger partial charge is 0.465 e. The molecular weight excluding hydrogens is 845 g/mol. The van der Waals surface area contributed by atoms with Crippen LogP contribution >= 0.6 is 0 Å². The molecule has 3 aliphatic rings. The minimum atomic E-state index is -0.840. The molecule has 0 saturated carbocycles. The number of hydrogen-bond acceptors (Lipinski definition) is 9. The first-order valence-corrected chi connectivity index (χ1v) is 24.2. The van der Waals surface area contributed by atoms with Crippen molar-refractivity contribution in [1.29, 1.82) is 0 Å². The molecule has 14 heteroatoms. The molecule has 7 rings (SSSR count). The third-order valence-electron chi connectivity index (χ3n) is 13.1. The van der Waals surface area contributed by atoms with Gasteiger partial charge in [0.15, 0.2) is 0 Å². The molecule has 2 aromatic carbocycles. The minimum Gasteiger partial charge on any atom is -0.465 e. The second-order valence-electron chi connectivity index (χ2n) is 19.3. The Morgan fingerprint density at radius 3 is 2.37 bits per heavy atom. The van der Waals surface area contributed by atoms with Crippen LogP contribution < -0.4 is 16.1 Å². The predicted octanol–water partition coefficient (Wildman–Crippen LogP) is 7.01. The molecule has 3 N–H and O–H groups in total. The normalized spacial score (nSPS) is 17.1. The van der Waals surface area contributed by atoms with E-state index >= 15 is 0 Å². The Kier molecular flexibility index (Phi) is 17.5. The Balaban J connectivity index is 0.000000736. The number of pyridine rings is 1. The number of carbonyl (C=O) groups excluding carboxylic acids is 5. The Morgan fingerprint density at radius 1 is 0.985 bits per heavy atom. The first-order chi connectivity index (χ1) is 32.2. The van der Waals surface area contributed by atoms with Gasteiger partial charge in [-0.25, -0.2) is 5.43 Å². The number of benzene rings is 2. The average Bonchev–Trinajstić information content (AvgIpc) is 4.13. The van der Waals surface area contributed by atoms with Gasteiger partial charge in [-0.05, 0) is 117 Å². The van der Waals surface area contributed by atoms with Gasteiger partial charge in [-0.15, -0.1) is 0 Å². The molecule has 3 fully saturated rings. The van der Waals surface area contributed by atoms with Crippen molar-refractivity contribution in [2.45, 2.75) is 118 Å². The van der Waals surface area contributed by atoms with Gasteiger partial charge in [0, 0.05) is 81.2 Å². The lowest BCUT2D eigenvalue weighted by Crippen LogP contribution is -2.58. The number of hydrazine groups is 1. The summed E-state index contributed by atoms with van der Waals surface area (Å²) in [5.74, 6) is -0.929. The molecule has 5 heterocycles. The van der Waals surface area contributed by atoms with E-state index in [1.807, 2.05) is 43.1 Å². The number of aryl methyl sites for hydroxylation is 1. The second-order valence-corrected chi connectivity index (χ2v) is 19.3. The molecule has 14 nitrogen and oxygen atoms in total. The van der Waals surface area contributed by atoms with Crippen molar-refractivity contribution in [2.75, 3.05) is 46.4 Å². The molecule has 67 heavy (non-hydrogen) atoms. The van der Waals surface area contributed by atoms with E-state index in [9.17, 15) is 24.0 Å². The van der Waals surface area contributed by atoms with E-state index in [1.165, 1.54) is 23.5 Å². The summed E-state index contributed by atoms with van der Waals surface area (Å²) in [4.78, 5) is 70.4. The van der Waals surface area contributed by atoms with Crippen LogP contribution in [0.3, 0.4) is 0 Å². The van der Waals surface area contributed by atoms with E-state index in [-0.39, 0.29) is 47.5 Å². The highest BCUT2D eigenvalue weighted by Crippen LogP contribution is 2.42. The van der Waals surface area contributed by atoms with Crippen molar-refractivity contribution in [3.05, 3.63) is 90.3 Å². The van der Waals surface area contributed by atoms with E-state index < -0.39 is 12.1 Å². The number of nitrogens with zero attached hydrogens (tertiary/aromatic N) is 5. The lowest BCUT2D eigenvalue weighted by Gasteiger charge is -2.33. The molecule has 4 amide bonds. The van der Waals surface area contributed by atoms with E-state index in [2.05, 4.69) is 84.4 Å². The minimum absolute atomic E-state index is 0.0764. The maximum absolute atomic E-state index is 14.0. The fourth-order valence-electron chi connectivity index (χ4n) is 9.78. The van der Waals surface area contributed by atoms with Crippen molar-refractivity contribution < 1.29 is 28.7 Å². The second kappa shape index (κ2) is 23.2. The fourth-order valence-corrected chi connectivity index (χ4v) is 9.78. The number of ether oxygens (including phenoxy) is 1. The maximum Gasteiger partial charge on any atom is 0.302 e. The number of nitrogens with one attached hydrogen (secondary N) is 3. The summed E-state index contributed by atoms with van der Waals surface area (Å²) in [5.41, 5.74) is 11.4. The Morgan fingerprint density at radius 2 is 1.73 bits per heavy atom. The lowest BCUT2D eigenvalue weighted by atomic mass is 9.84. The molecule has 0 radical (unpaired) electrons. The molecule has 3 aliphatic heterocycles. The molecule has 4 aromatic rings. The SMILES string of the molecule is C=CC(=O)N1CCCC1.CCn1c(-c2cccnc2C2CCCN2)c(CC(C)(C)COC(C)=O)c2cc(-c3cccc(CC(NC(=O)C(C(C)C)N(C)C=O)C(=O)N4CCCCN4)c3)ccc21. The molecule has 0 bridgehead atoms. The van der Waals surface area contributed by atoms with E-state index in [0.717, 1.165) is 109 Å². The number of rotatable bonds is 17. The molecular formula is C53H72N8O6. The van der Waals surface area contributed by atoms with Crippen LogP contribution in [0.2, 0.25) is 0 Å². The van der Waals surface area contributed by atoms with Gasteiger partial charge in [0.25, 0.3) is 5.91 Å². The van der Waals surface area contributed by atoms with Crippen LogP contribution in [-0.2, 0) is 48.1 Å². The zero-order valence-electron chi connectivity index (χ0n) is 40.7. The van der Waals surface area contributed by atoms with Crippen LogP contribution in [0, 0.1) is 11.3 Å². The van der Waals surface area contributed by atoms with Gasteiger partial charge < -0.3 is 29.7 Å². The molecule has 2 aromatic heterocycles. The zero-order chi connectivity index (χ0) is 48.3. The van der Waals surface area contributed by atoms with E-state index in [1.54, 1.807) is 12.1 Å². The van der Waals surface area contributed by atoms with Gasteiger partial charge in [0.2, 0.25) is 18.2 Å². The Hall–Kier alpha value is -5.86. The van der Waals surface area contributed by atoms with Crippen LogP contribution in [-0.4, -0.2) is 113 Å². The first-order valence-electron chi connectivity index (χ1n) is 24.2. The topological polar surface area (TPSA) is 158 Å². The number of amides is 4. The molecule has 3 atom stereocenters. The van der Waals surface area contributed by atoms with Crippen LogP contribution in [0.1, 0.15) is 103 Å². The molecule has 0 aliphatic carbocycles. The van der Waals surface area contributed by atoms with Gasteiger partial charge in [0.05, 0.1) is 24.0 Å². The van der Waals surface area contributed by atoms with Crippen molar-refractivity contribution >= 4 is 41.0 Å². The third kappa shape index (κ3) is 12.6. The number of carbonyl (C=O) groups is 5. The van der Waals surface area contributed by atoms with Gasteiger partial charge in [-0.1, -0.05) is 64.6 Å². The molecule has 360 valence electrons. The number of likely N-dealkylation sites (tertiary alicyclic amines) is 1. The maximum atomic E-state index is 14.0. The Bertz CT molecular complexity index is 2370. The molecule has 3 unspecified atom stereocenters. The predicted molar refractivity (Wildman–Crippen MR) is 263 cm³/mol. The summed E-state index contributed by atoms with van der Waals surface area (Å²) >= 11 is 0. The smallest absolute Gasteiger partial charge is 0.302 e. The highest BCUT2D eigenvalue weighted by molar-refractivity contribution is 5.95. The van der Waals surface area contributed by atoms with Crippen LogP contribution in [0.5, 0.6) is 0 Å². The van der Waals surface area contributed by atoms with Crippen LogP contribution in [0.15, 0.2) is 73.4 Å². The fraction of sp³-hybridized carbons (Fsp3) is 0.509. The van der Waals surface area contributed by atoms with Gasteiger partial charge >= 0.3 is 5.97 Å². The van der Waals surface area contributed by atoms with Crippen LogP contribution in [0.4, 0.5) is 0 Å². The number of likely N-dealkylation sites (N-methyl/N-ethyl adjacent to an activating group) is 1.